The number of ether oxygens (including phenoxy) is 1. The molecular formula is C26H29N3O3. The lowest BCUT2D eigenvalue weighted by Gasteiger charge is -2.39. The van der Waals surface area contributed by atoms with E-state index >= 15 is 0 Å². The van der Waals surface area contributed by atoms with Crippen LogP contribution < -0.4 is 5.32 Å². The Morgan fingerprint density at radius 2 is 1.84 bits per heavy atom. The van der Waals surface area contributed by atoms with Gasteiger partial charge in [-0.1, -0.05) is 12.1 Å². The number of hydrogen-bond acceptors (Lipinski definition) is 5. The van der Waals surface area contributed by atoms with E-state index in [0.29, 0.717) is 12.1 Å². The molecule has 5 rings (SSSR count). The van der Waals surface area contributed by atoms with Crippen LogP contribution in [0.2, 0.25) is 0 Å². The summed E-state index contributed by atoms with van der Waals surface area (Å²) in [6.45, 7) is 3.62. The minimum absolute atomic E-state index is 0.0190. The number of aromatic nitrogens is 1. The van der Waals surface area contributed by atoms with Gasteiger partial charge in [-0.3, -0.25) is 14.7 Å². The topological polar surface area (TPSA) is 67.6 Å². The summed E-state index contributed by atoms with van der Waals surface area (Å²) in [6.07, 6.45) is 9.63. The van der Waals surface area contributed by atoms with Gasteiger partial charge in [0.2, 0.25) is 0 Å². The van der Waals surface area contributed by atoms with Crippen LogP contribution >= 0.6 is 0 Å². The molecule has 4 heterocycles. The number of likely N-dealkylation sites (tertiary alicyclic amines) is 1. The van der Waals surface area contributed by atoms with Gasteiger partial charge in [-0.2, -0.15) is 0 Å². The summed E-state index contributed by atoms with van der Waals surface area (Å²) in [7, 11) is 0. The maximum Gasteiger partial charge on any atom is 0.251 e. The smallest absolute Gasteiger partial charge is 0.251 e. The number of amides is 1. The molecule has 2 saturated heterocycles. The normalized spacial score (nSPS) is 20.4. The van der Waals surface area contributed by atoms with Gasteiger partial charge in [-0.25, -0.2) is 0 Å². The maximum atomic E-state index is 12.6. The fourth-order valence-electron chi connectivity index (χ4n) is 4.81. The Kier molecular flexibility index (Phi) is 6.06. The molecule has 0 radical (unpaired) electrons. The summed E-state index contributed by atoms with van der Waals surface area (Å²) < 4.78 is 11.9. The number of rotatable bonds is 6. The number of carbonyl (C=O) groups is 1. The molecule has 166 valence electrons. The Hall–Kier alpha value is -2.96. The van der Waals surface area contributed by atoms with Gasteiger partial charge >= 0.3 is 0 Å². The monoisotopic (exact) mass is 431 g/mol. The van der Waals surface area contributed by atoms with Crippen LogP contribution in [0.5, 0.6) is 0 Å². The first-order valence-corrected chi connectivity index (χ1v) is 11.4. The molecule has 1 spiro atoms. The molecule has 2 aliphatic heterocycles. The summed E-state index contributed by atoms with van der Waals surface area (Å²) in [5.74, 6) is 0.737. The van der Waals surface area contributed by atoms with Crippen molar-refractivity contribution in [3.63, 3.8) is 0 Å². The van der Waals surface area contributed by atoms with Crippen LogP contribution in [0.25, 0.3) is 11.3 Å². The van der Waals surface area contributed by atoms with Gasteiger partial charge in [0.15, 0.2) is 0 Å². The molecule has 32 heavy (non-hydrogen) atoms. The van der Waals surface area contributed by atoms with Crippen LogP contribution in [-0.4, -0.2) is 47.1 Å². The first kappa shape index (κ1) is 20.9. The summed E-state index contributed by atoms with van der Waals surface area (Å²) in [5, 5.41) is 3.05. The van der Waals surface area contributed by atoms with Crippen molar-refractivity contribution in [3.05, 3.63) is 78.3 Å². The minimum atomic E-state index is -0.0623. The van der Waals surface area contributed by atoms with E-state index in [0.717, 1.165) is 56.6 Å². The van der Waals surface area contributed by atoms with Crippen LogP contribution in [0.15, 0.2) is 71.6 Å². The van der Waals surface area contributed by atoms with E-state index in [4.69, 9.17) is 9.15 Å². The van der Waals surface area contributed by atoms with E-state index in [2.05, 4.69) is 27.3 Å². The van der Waals surface area contributed by atoms with Crippen LogP contribution in [0.3, 0.4) is 0 Å². The van der Waals surface area contributed by atoms with Crippen molar-refractivity contribution in [2.45, 2.75) is 43.9 Å². The van der Waals surface area contributed by atoms with Gasteiger partial charge in [0.1, 0.15) is 5.76 Å². The highest BCUT2D eigenvalue weighted by atomic mass is 16.5. The molecule has 6 heteroatoms. The third-order valence-corrected chi connectivity index (χ3v) is 6.70. The highest BCUT2D eigenvalue weighted by Crippen LogP contribution is 2.39. The molecular weight excluding hydrogens is 402 g/mol. The number of carbonyl (C=O) groups excluding carboxylic acids is 1. The Balaban J connectivity index is 1.08. The van der Waals surface area contributed by atoms with Gasteiger partial charge in [-0.15, -0.1) is 0 Å². The number of benzene rings is 1. The number of piperidine rings is 1. The van der Waals surface area contributed by atoms with Crippen molar-refractivity contribution in [1.29, 1.82) is 0 Å². The van der Waals surface area contributed by atoms with Gasteiger partial charge < -0.3 is 14.5 Å². The highest BCUT2D eigenvalue weighted by Gasteiger charge is 2.42. The van der Waals surface area contributed by atoms with E-state index in [1.165, 1.54) is 5.56 Å². The molecule has 6 nitrogen and oxygen atoms in total. The number of hydrogen-bond donors (Lipinski definition) is 1. The predicted octanol–water partition coefficient (Wildman–Crippen LogP) is 4.29. The average Bonchev–Trinajstić information content (AvgIpc) is 3.51. The molecule has 1 amide bonds. The van der Waals surface area contributed by atoms with Crippen molar-refractivity contribution in [1.82, 2.24) is 15.2 Å². The van der Waals surface area contributed by atoms with E-state index in [9.17, 15) is 4.79 Å². The lowest BCUT2D eigenvalue weighted by molar-refractivity contribution is -0.0764. The lowest BCUT2D eigenvalue weighted by Crippen LogP contribution is -2.44. The number of nitrogens with zero attached hydrogens (tertiary/aromatic N) is 2. The van der Waals surface area contributed by atoms with Crippen molar-refractivity contribution >= 4 is 5.91 Å². The quantitative estimate of drug-likeness (QED) is 0.631. The highest BCUT2D eigenvalue weighted by molar-refractivity contribution is 5.94. The number of furan rings is 1. The Morgan fingerprint density at radius 1 is 1.06 bits per heavy atom. The largest absolute Gasteiger partial charge is 0.464 e. The second-order valence-electron chi connectivity index (χ2n) is 8.86. The van der Waals surface area contributed by atoms with Crippen molar-refractivity contribution in [2.75, 3.05) is 19.6 Å². The first-order valence-electron chi connectivity index (χ1n) is 11.4. The fourth-order valence-corrected chi connectivity index (χ4v) is 4.81. The summed E-state index contributed by atoms with van der Waals surface area (Å²) >= 11 is 0. The molecule has 0 bridgehead atoms. The van der Waals surface area contributed by atoms with Crippen molar-refractivity contribution in [2.24, 2.45) is 0 Å². The van der Waals surface area contributed by atoms with E-state index in [1.54, 1.807) is 6.26 Å². The molecule has 0 saturated carbocycles. The van der Waals surface area contributed by atoms with Crippen LogP contribution in [0.1, 0.15) is 41.6 Å². The lowest BCUT2D eigenvalue weighted by atomic mass is 9.88. The van der Waals surface area contributed by atoms with E-state index in [1.807, 2.05) is 48.8 Å². The third kappa shape index (κ3) is 4.76. The molecule has 2 aromatic heterocycles. The number of pyridine rings is 1. The SMILES string of the molecule is O=C(NC[C@H]1CCC2(CCN(Cc3ccncc3)CC2)O1)c1ccc(-c2ccco2)cc1. The third-order valence-electron chi connectivity index (χ3n) is 6.70. The molecule has 3 aromatic rings. The molecule has 0 aliphatic carbocycles. The van der Waals surface area contributed by atoms with E-state index in [-0.39, 0.29) is 17.6 Å². The second kappa shape index (κ2) is 9.27. The van der Waals surface area contributed by atoms with Crippen molar-refractivity contribution < 1.29 is 13.9 Å². The minimum Gasteiger partial charge on any atom is -0.464 e. The molecule has 2 aliphatic rings. The second-order valence-corrected chi connectivity index (χ2v) is 8.86. The molecule has 0 unspecified atom stereocenters. The van der Waals surface area contributed by atoms with Gasteiger partial charge in [0, 0.05) is 49.7 Å². The van der Waals surface area contributed by atoms with Crippen molar-refractivity contribution in [3.8, 4) is 11.3 Å². The standard InChI is InChI=1S/C26H29N3O3/c30-25(22-5-3-21(4-6-22)24-2-1-17-31-24)28-18-23-7-10-26(32-23)11-15-29(16-12-26)19-20-8-13-27-14-9-20/h1-6,8-9,13-14,17,23H,7,10-12,15-16,18-19H2,(H,28,30)/t23-/m1/s1. The zero-order valence-corrected chi connectivity index (χ0v) is 18.2. The van der Waals surface area contributed by atoms with Crippen LogP contribution in [-0.2, 0) is 11.3 Å². The molecule has 1 aromatic carbocycles. The summed E-state index contributed by atoms with van der Waals surface area (Å²) in [6, 6.07) is 15.4. The fraction of sp³-hybridized carbons (Fsp3) is 0.385. The Labute approximate surface area is 188 Å². The Morgan fingerprint density at radius 3 is 2.56 bits per heavy atom. The Bertz CT molecular complexity index is 1010. The van der Waals surface area contributed by atoms with Gasteiger partial charge in [0.25, 0.3) is 5.91 Å². The first-order chi connectivity index (χ1) is 15.7. The molecule has 2 fully saturated rings. The zero-order valence-electron chi connectivity index (χ0n) is 18.2. The van der Waals surface area contributed by atoms with Gasteiger partial charge in [0.05, 0.1) is 18.0 Å². The van der Waals surface area contributed by atoms with Gasteiger partial charge in [-0.05, 0) is 67.6 Å². The summed E-state index contributed by atoms with van der Waals surface area (Å²) in [5.41, 5.74) is 2.90. The van der Waals surface area contributed by atoms with Crippen LogP contribution in [0, 0.1) is 0 Å². The van der Waals surface area contributed by atoms with E-state index < -0.39 is 0 Å². The maximum absolute atomic E-state index is 12.6. The number of nitrogens with one attached hydrogen (secondary N) is 1. The van der Waals surface area contributed by atoms with Crippen LogP contribution in [0.4, 0.5) is 0 Å². The summed E-state index contributed by atoms with van der Waals surface area (Å²) in [4.78, 5) is 19.2. The zero-order chi connectivity index (χ0) is 21.8. The molecule has 1 atom stereocenters. The molecule has 1 N–H and O–H groups in total. The average molecular weight is 432 g/mol. The predicted molar refractivity (Wildman–Crippen MR) is 122 cm³/mol.